The Balaban J connectivity index is 3.75. The van der Waals surface area contributed by atoms with E-state index in [4.69, 9.17) is 0 Å². The van der Waals surface area contributed by atoms with Gasteiger partial charge in [0.1, 0.15) is 9.84 Å². The van der Waals surface area contributed by atoms with Crippen molar-refractivity contribution in [1.29, 1.82) is 0 Å². The quantitative estimate of drug-likeness (QED) is 0.346. The highest BCUT2D eigenvalue weighted by molar-refractivity contribution is 7.90. The molecule has 0 heterocycles. The van der Waals surface area contributed by atoms with Crippen molar-refractivity contribution in [1.82, 2.24) is 10.6 Å². The molecule has 0 bridgehead atoms. The minimum atomic E-state index is -2.90. The van der Waals surface area contributed by atoms with Crippen LogP contribution in [-0.4, -0.2) is 46.0 Å². The largest absolute Gasteiger partial charge is 0.356 e. The predicted octanol–water partition coefficient (Wildman–Crippen LogP) is 2.58. The smallest absolute Gasteiger partial charge is 0.191 e. The second kappa shape index (κ2) is 11.7. The molecule has 0 aliphatic heterocycles. The van der Waals surface area contributed by atoms with Gasteiger partial charge in [-0.1, -0.05) is 39.5 Å². The zero-order valence-corrected chi connectivity index (χ0v) is 15.8. The van der Waals surface area contributed by atoms with E-state index in [0.717, 1.165) is 24.8 Å². The lowest BCUT2D eigenvalue weighted by Crippen LogP contribution is -2.43. The molecule has 0 saturated heterocycles. The predicted molar refractivity (Wildman–Crippen MR) is 96.2 cm³/mol. The highest BCUT2D eigenvalue weighted by Crippen LogP contribution is 2.08. The molecular weight excluding hydrogens is 298 g/mol. The van der Waals surface area contributed by atoms with Gasteiger partial charge >= 0.3 is 0 Å². The van der Waals surface area contributed by atoms with Crippen LogP contribution in [0.15, 0.2) is 4.99 Å². The molecule has 0 aromatic rings. The number of rotatable bonds is 11. The van der Waals surface area contributed by atoms with E-state index in [9.17, 15) is 8.42 Å². The van der Waals surface area contributed by atoms with Crippen LogP contribution in [0.3, 0.4) is 0 Å². The number of sulfone groups is 1. The van der Waals surface area contributed by atoms with Gasteiger partial charge in [0, 0.05) is 25.9 Å². The number of nitrogens with one attached hydrogen (secondary N) is 2. The third kappa shape index (κ3) is 14.2. The first kappa shape index (κ1) is 21.2. The third-order valence-electron chi connectivity index (χ3n) is 3.53. The number of nitrogens with zero attached hydrogens (tertiary/aromatic N) is 1. The maximum absolute atomic E-state index is 11.2. The van der Waals surface area contributed by atoms with E-state index < -0.39 is 9.84 Å². The standard InChI is InChI=1S/C16H35N3O2S/c1-14(2)10-8-6-7-9-12-18-16(17-4)19-15(3)11-13-22(5,20)21/h14-15H,6-13H2,1-5H3,(H2,17,18,19). The van der Waals surface area contributed by atoms with Crippen molar-refractivity contribution in [2.75, 3.05) is 25.6 Å². The Labute approximate surface area is 137 Å². The fourth-order valence-electron chi connectivity index (χ4n) is 2.13. The summed E-state index contributed by atoms with van der Waals surface area (Å²) in [4.78, 5) is 4.17. The second-order valence-corrected chi connectivity index (χ2v) is 8.82. The maximum Gasteiger partial charge on any atom is 0.191 e. The van der Waals surface area contributed by atoms with Gasteiger partial charge in [0.25, 0.3) is 0 Å². The average Bonchev–Trinajstić information content (AvgIpc) is 2.41. The first-order valence-corrected chi connectivity index (χ1v) is 10.5. The third-order valence-corrected chi connectivity index (χ3v) is 4.51. The van der Waals surface area contributed by atoms with Crippen LogP contribution in [-0.2, 0) is 9.84 Å². The van der Waals surface area contributed by atoms with Crippen LogP contribution in [0.25, 0.3) is 0 Å². The molecule has 5 nitrogen and oxygen atoms in total. The zero-order chi connectivity index (χ0) is 17.0. The van der Waals surface area contributed by atoms with Crippen molar-refractivity contribution in [3.63, 3.8) is 0 Å². The summed E-state index contributed by atoms with van der Waals surface area (Å²) >= 11 is 0. The van der Waals surface area contributed by atoms with Gasteiger partial charge in [-0.2, -0.15) is 0 Å². The molecule has 0 rings (SSSR count). The normalized spacial score (nSPS) is 14.2. The Kier molecular flexibility index (Phi) is 11.3. The molecule has 0 amide bonds. The van der Waals surface area contributed by atoms with Crippen LogP contribution < -0.4 is 10.6 Å². The summed E-state index contributed by atoms with van der Waals surface area (Å²) in [6, 6.07) is 0.0898. The molecular formula is C16H35N3O2S. The number of unbranched alkanes of at least 4 members (excludes halogenated alkanes) is 3. The van der Waals surface area contributed by atoms with Crippen molar-refractivity contribution in [2.24, 2.45) is 10.9 Å². The van der Waals surface area contributed by atoms with Crippen LogP contribution in [0.5, 0.6) is 0 Å². The summed E-state index contributed by atoms with van der Waals surface area (Å²) in [6.07, 6.45) is 8.15. The Morgan fingerprint density at radius 2 is 1.68 bits per heavy atom. The molecule has 0 aromatic heterocycles. The first-order valence-electron chi connectivity index (χ1n) is 8.39. The molecule has 0 saturated carbocycles. The van der Waals surface area contributed by atoms with Crippen molar-refractivity contribution in [3.05, 3.63) is 0 Å². The van der Waals surface area contributed by atoms with Crippen LogP contribution in [0.1, 0.15) is 59.3 Å². The summed E-state index contributed by atoms with van der Waals surface area (Å²) in [7, 11) is -1.16. The first-order chi connectivity index (χ1) is 10.2. The van der Waals surface area contributed by atoms with E-state index in [-0.39, 0.29) is 11.8 Å². The summed E-state index contributed by atoms with van der Waals surface area (Å²) in [5.74, 6) is 1.76. The zero-order valence-electron chi connectivity index (χ0n) is 15.0. The fraction of sp³-hybridized carbons (Fsp3) is 0.938. The molecule has 0 aliphatic carbocycles. The lowest BCUT2D eigenvalue weighted by atomic mass is 10.0. The lowest BCUT2D eigenvalue weighted by Gasteiger charge is -2.17. The number of hydrogen-bond acceptors (Lipinski definition) is 3. The van der Waals surface area contributed by atoms with Crippen molar-refractivity contribution in [2.45, 2.75) is 65.3 Å². The van der Waals surface area contributed by atoms with Gasteiger partial charge in [-0.3, -0.25) is 4.99 Å². The van der Waals surface area contributed by atoms with Gasteiger partial charge in [-0.25, -0.2) is 8.42 Å². The molecule has 0 spiro atoms. The molecule has 1 unspecified atom stereocenters. The number of guanidine groups is 1. The molecule has 1 atom stereocenters. The monoisotopic (exact) mass is 333 g/mol. The van der Waals surface area contributed by atoms with Crippen molar-refractivity contribution < 1.29 is 8.42 Å². The molecule has 132 valence electrons. The summed E-state index contributed by atoms with van der Waals surface area (Å²) in [5.41, 5.74) is 0. The minimum absolute atomic E-state index is 0.0898. The molecule has 0 aromatic carbocycles. The molecule has 2 N–H and O–H groups in total. The van der Waals surface area contributed by atoms with E-state index in [0.29, 0.717) is 6.42 Å². The van der Waals surface area contributed by atoms with Crippen LogP contribution in [0.4, 0.5) is 0 Å². The Morgan fingerprint density at radius 3 is 2.23 bits per heavy atom. The minimum Gasteiger partial charge on any atom is -0.356 e. The topological polar surface area (TPSA) is 70.6 Å². The maximum atomic E-state index is 11.2. The van der Waals surface area contributed by atoms with E-state index in [1.54, 1.807) is 7.05 Å². The van der Waals surface area contributed by atoms with E-state index in [1.807, 2.05) is 6.92 Å². The van der Waals surface area contributed by atoms with Crippen LogP contribution in [0.2, 0.25) is 0 Å². The van der Waals surface area contributed by atoms with E-state index in [2.05, 4.69) is 29.5 Å². The van der Waals surface area contributed by atoms with Crippen LogP contribution in [0, 0.1) is 5.92 Å². The van der Waals surface area contributed by atoms with Crippen molar-refractivity contribution in [3.8, 4) is 0 Å². The molecule has 22 heavy (non-hydrogen) atoms. The number of aliphatic imine (C=N–C) groups is 1. The van der Waals surface area contributed by atoms with Gasteiger partial charge in [-0.15, -0.1) is 0 Å². The second-order valence-electron chi connectivity index (χ2n) is 6.56. The van der Waals surface area contributed by atoms with E-state index in [1.165, 1.54) is 31.9 Å². The lowest BCUT2D eigenvalue weighted by molar-refractivity contribution is 0.518. The molecule has 0 fully saturated rings. The molecule has 0 aliphatic rings. The Hall–Kier alpha value is -0.780. The van der Waals surface area contributed by atoms with Crippen molar-refractivity contribution >= 4 is 15.8 Å². The van der Waals surface area contributed by atoms with E-state index >= 15 is 0 Å². The molecule has 0 radical (unpaired) electrons. The van der Waals surface area contributed by atoms with Crippen LogP contribution >= 0.6 is 0 Å². The highest BCUT2D eigenvalue weighted by Gasteiger charge is 2.09. The Morgan fingerprint density at radius 1 is 1.05 bits per heavy atom. The van der Waals surface area contributed by atoms with Gasteiger partial charge in [0.2, 0.25) is 0 Å². The molecule has 6 heteroatoms. The van der Waals surface area contributed by atoms with Gasteiger partial charge in [0.15, 0.2) is 5.96 Å². The van der Waals surface area contributed by atoms with Gasteiger partial charge < -0.3 is 10.6 Å². The van der Waals surface area contributed by atoms with Gasteiger partial charge in [-0.05, 0) is 25.7 Å². The number of hydrogen-bond donors (Lipinski definition) is 2. The van der Waals surface area contributed by atoms with Gasteiger partial charge in [0.05, 0.1) is 5.75 Å². The SMILES string of the molecule is CN=C(NCCCCCCC(C)C)NC(C)CCS(C)(=O)=O. The Bertz CT molecular complexity index is 406. The summed E-state index contributed by atoms with van der Waals surface area (Å²) < 4.78 is 22.3. The average molecular weight is 334 g/mol. The fourth-order valence-corrected chi connectivity index (χ4v) is 2.91. The highest BCUT2D eigenvalue weighted by atomic mass is 32.2. The summed E-state index contributed by atoms with van der Waals surface area (Å²) in [5, 5.41) is 6.52. The summed E-state index contributed by atoms with van der Waals surface area (Å²) in [6.45, 7) is 7.41.